The van der Waals surface area contributed by atoms with Crippen molar-refractivity contribution in [2.75, 3.05) is 9.80 Å². The largest absolute Gasteiger partial charge is 0.312 e. The van der Waals surface area contributed by atoms with Crippen molar-refractivity contribution in [3.63, 3.8) is 0 Å². The summed E-state index contributed by atoms with van der Waals surface area (Å²) in [6.07, 6.45) is 15.9. The van der Waals surface area contributed by atoms with Crippen LogP contribution in [-0.4, -0.2) is 10.6 Å². The van der Waals surface area contributed by atoms with Crippen LogP contribution in [0.5, 0.6) is 0 Å². The number of para-hydroxylation sites is 1. The molecule has 0 fully saturated rings. The van der Waals surface area contributed by atoms with Crippen molar-refractivity contribution in [3.05, 3.63) is 118 Å². The van der Waals surface area contributed by atoms with E-state index in [2.05, 4.69) is 219 Å². The topological polar surface area (TPSA) is 6.48 Å². The third kappa shape index (κ3) is 6.57. The highest BCUT2D eigenvalue weighted by atomic mass is 127. The zero-order valence-corrected chi connectivity index (χ0v) is 42.8. The number of hydrogen-bond donors (Lipinski definition) is 0. The molecule has 0 spiro atoms. The Hall–Kier alpha value is -3.29. The normalized spacial score (nSPS) is 24.8. The van der Waals surface area contributed by atoms with Crippen molar-refractivity contribution in [2.24, 2.45) is 10.8 Å². The summed E-state index contributed by atoms with van der Waals surface area (Å²) in [7, 11) is 0. The molecule has 2 aliphatic heterocycles. The monoisotopic (exact) mass is 950 g/mol. The van der Waals surface area contributed by atoms with Crippen molar-refractivity contribution < 1.29 is 0 Å². The molecule has 4 aromatic carbocycles. The lowest BCUT2D eigenvalue weighted by Crippen LogP contribution is -2.61. The summed E-state index contributed by atoms with van der Waals surface area (Å²) in [5.41, 5.74) is 19.2. The van der Waals surface area contributed by atoms with Gasteiger partial charge in [-0.05, 0) is 166 Å². The molecule has 2 nitrogen and oxygen atoms in total. The van der Waals surface area contributed by atoms with Gasteiger partial charge in [0.25, 0.3) is 6.71 Å². The molecule has 1 atom stereocenters. The predicted octanol–water partition coefficient (Wildman–Crippen LogP) is 15.1. The van der Waals surface area contributed by atoms with Gasteiger partial charge in [-0.15, -0.1) is 11.3 Å². The molecule has 62 heavy (non-hydrogen) atoms. The number of nitrogens with zero attached hydrogens (tertiary/aromatic N) is 2. The van der Waals surface area contributed by atoms with Gasteiger partial charge in [-0.25, -0.2) is 0 Å². The first-order valence-corrected chi connectivity index (χ1v) is 25.7. The van der Waals surface area contributed by atoms with E-state index in [9.17, 15) is 0 Å². The van der Waals surface area contributed by atoms with Crippen LogP contribution in [0.1, 0.15) is 156 Å². The van der Waals surface area contributed by atoms with E-state index in [0.29, 0.717) is 3.92 Å². The first kappa shape index (κ1) is 42.7. The second-order valence-electron chi connectivity index (χ2n) is 24.0. The lowest BCUT2D eigenvalue weighted by Gasteiger charge is -2.47. The molecule has 0 saturated heterocycles. The Kier molecular flexibility index (Phi) is 9.71. The standard InChI is InChI=1S/C57H68BIN2S/c1-35-17-14-15-18-43(35)61-45-20-16-19-44-49(45)58(51-50(61)37-31-38-41(34-47(37)62-51)56(10,11)30-27-53(38,4)5)42-32-39-40(55(8,9)29-28-54(39,6)7)33-46(42)60(44)36-21-22-48(59)57(12,13)26-25-52(2,3)24-23-36/h14-23,31-34,48H,24-30H2,1-13H3/b22-21-,36-23+. The van der Waals surface area contributed by atoms with E-state index >= 15 is 0 Å². The molecule has 0 bridgehead atoms. The lowest BCUT2D eigenvalue weighted by atomic mass is 9.35. The van der Waals surface area contributed by atoms with Crippen LogP contribution in [-0.2, 0) is 21.7 Å². The van der Waals surface area contributed by atoms with Gasteiger partial charge in [0.2, 0.25) is 0 Å². The van der Waals surface area contributed by atoms with Gasteiger partial charge in [0.05, 0.1) is 5.69 Å². The van der Waals surface area contributed by atoms with E-state index in [1.165, 1.54) is 115 Å². The minimum Gasteiger partial charge on any atom is -0.312 e. The molecule has 5 aromatic rings. The maximum Gasteiger partial charge on any atom is 0.264 e. The average Bonchev–Trinajstić information content (AvgIpc) is 3.58. The maximum atomic E-state index is 2.72. The van der Waals surface area contributed by atoms with Crippen molar-refractivity contribution in [2.45, 2.75) is 161 Å². The number of halogens is 1. The maximum absolute atomic E-state index is 2.72. The molecule has 1 unspecified atom stereocenters. The molecule has 3 aliphatic carbocycles. The Morgan fingerprint density at radius 2 is 1.18 bits per heavy atom. The molecule has 0 N–H and O–H groups in total. The smallest absolute Gasteiger partial charge is 0.264 e. The van der Waals surface area contributed by atoms with E-state index < -0.39 is 0 Å². The molecule has 5 heteroatoms. The van der Waals surface area contributed by atoms with E-state index in [1.807, 2.05) is 0 Å². The summed E-state index contributed by atoms with van der Waals surface area (Å²) in [6, 6.07) is 27.0. The number of allylic oxidation sites excluding steroid dienone is 3. The first-order chi connectivity index (χ1) is 29.0. The Morgan fingerprint density at radius 1 is 0.613 bits per heavy atom. The summed E-state index contributed by atoms with van der Waals surface area (Å²) in [6.45, 7) is 32.2. The van der Waals surface area contributed by atoms with Crippen LogP contribution in [0.3, 0.4) is 0 Å². The van der Waals surface area contributed by atoms with E-state index in [0.717, 1.165) is 6.42 Å². The fourth-order valence-corrected chi connectivity index (χ4v) is 13.7. The minimum absolute atomic E-state index is 0.0865. The van der Waals surface area contributed by atoms with Crippen molar-refractivity contribution in [1.82, 2.24) is 0 Å². The highest BCUT2D eigenvalue weighted by molar-refractivity contribution is 14.1. The molecule has 0 radical (unpaired) electrons. The van der Waals surface area contributed by atoms with Crippen molar-refractivity contribution in [3.8, 4) is 0 Å². The molecule has 5 aliphatic rings. The average molecular weight is 951 g/mol. The Balaban J connectivity index is 1.32. The number of alkyl halides is 1. The van der Waals surface area contributed by atoms with Crippen molar-refractivity contribution in [1.29, 1.82) is 0 Å². The van der Waals surface area contributed by atoms with Crippen LogP contribution < -0.4 is 25.5 Å². The molecule has 0 saturated carbocycles. The quantitative estimate of drug-likeness (QED) is 0.0969. The SMILES string of the molecule is Cc1ccccc1N1c2cccc3c2B(c2cc4c(cc2N3C2=C/CC(C)(C)CCC(C)(C)C(I)/C=C\2)C(C)(C)CCC4(C)C)c2sc3cc4c(cc3c21)C(C)(C)CCC4(C)C. The number of fused-ring (bicyclic) bond motifs is 8. The zero-order chi connectivity index (χ0) is 44.1. The second kappa shape index (κ2) is 14.1. The summed E-state index contributed by atoms with van der Waals surface area (Å²) in [5, 5.41) is 1.41. The van der Waals surface area contributed by atoms with Gasteiger partial charge in [-0.2, -0.15) is 0 Å². The highest BCUT2D eigenvalue weighted by Gasteiger charge is 2.49. The third-order valence-electron chi connectivity index (χ3n) is 16.6. The molecule has 322 valence electrons. The predicted molar refractivity (Wildman–Crippen MR) is 281 cm³/mol. The fraction of sp³-hybridized carbons (Fsp3) is 0.474. The number of anilines is 5. The van der Waals surface area contributed by atoms with Crippen LogP contribution in [0, 0.1) is 17.8 Å². The highest BCUT2D eigenvalue weighted by Crippen LogP contribution is 2.54. The van der Waals surface area contributed by atoms with Gasteiger partial charge in [0.1, 0.15) is 0 Å². The Morgan fingerprint density at radius 3 is 1.82 bits per heavy atom. The number of aryl methyl sites for hydroxylation is 1. The van der Waals surface area contributed by atoms with Gasteiger partial charge in [-0.1, -0.05) is 148 Å². The van der Waals surface area contributed by atoms with Gasteiger partial charge in [-0.3, -0.25) is 0 Å². The van der Waals surface area contributed by atoms with Crippen LogP contribution in [0.25, 0.3) is 10.1 Å². The number of hydrogen-bond acceptors (Lipinski definition) is 3. The summed E-state index contributed by atoms with van der Waals surface area (Å²) in [4.78, 5) is 5.40. The first-order valence-electron chi connectivity index (χ1n) is 23.6. The van der Waals surface area contributed by atoms with E-state index in [-0.39, 0.29) is 39.2 Å². The Bertz CT molecular complexity index is 2740. The fourth-order valence-electron chi connectivity index (χ4n) is 11.8. The third-order valence-corrected chi connectivity index (χ3v) is 19.9. The van der Waals surface area contributed by atoms with Gasteiger partial charge in [0.15, 0.2) is 0 Å². The molecule has 3 heterocycles. The summed E-state index contributed by atoms with van der Waals surface area (Å²) >= 11 is 4.80. The number of thiophene rings is 1. The second-order valence-corrected chi connectivity index (χ2v) is 26.5. The molecule has 10 rings (SSSR count). The minimum atomic E-state index is 0.0865. The number of rotatable bonds is 2. The van der Waals surface area contributed by atoms with Crippen LogP contribution in [0.15, 0.2) is 90.7 Å². The lowest BCUT2D eigenvalue weighted by molar-refractivity contribution is 0.249. The summed E-state index contributed by atoms with van der Waals surface area (Å²) < 4.78 is 3.33. The van der Waals surface area contributed by atoms with Gasteiger partial charge in [0, 0.05) is 47.2 Å². The molecule has 0 amide bonds. The Labute approximate surface area is 391 Å². The van der Waals surface area contributed by atoms with E-state index in [4.69, 9.17) is 0 Å². The van der Waals surface area contributed by atoms with Crippen LogP contribution in [0.4, 0.5) is 28.4 Å². The molecular formula is C57H68BIN2S. The number of benzene rings is 4. The molecular weight excluding hydrogens is 882 g/mol. The van der Waals surface area contributed by atoms with Crippen LogP contribution in [0.2, 0.25) is 0 Å². The molecule has 1 aromatic heterocycles. The van der Waals surface area contributed by atoms with E-state index in [1.54, 1.807) is 11.1 Å². The van der Waals surface area contributed by atoms with Gasteiger partial charge >= 0.3 is 0 Å². The van der Waals surface area contributed by atoms with Gasteiger partial charge < -0.3 is 9.80 Å². The zero-order valence-electron chi connectivity index (χ0n) is 39.9. The summed E-state index contributed by atoms with van der Waals surface area (Å²) in [5.74, 6) is 0. The van der Waals surface area contributed by atoms with Crippen LogP contribution >= 0.6 is 33.9 Å². The van der Waals surface area contributed by atoms with Crippen molar-refractivity contribution >= 4 is 94.9 Å².